The predicted octanol–water partition coefficient (Wildman–Crippen LogP) is 1.36. The first-order valence-electron chi connectivity index (χ1n) is 5.49. The topological polar surface area (TPSA) is 74.7 Å². The van der Waals surface area contributed by atoms with Crippen LogP contribution in [0.5, 0.6) is 0 Å². The number of ketones is 1. The van der Waals surface area contributed by atoms with Gasteiger partial charge in [0.2, 0.25) is 0 Å². The van der Waals surface area contributed by atoms with E-state index in [4.69, 9.17) is 5.11 Å². The third-order valence-corrected chi connectivity index (χ3v) is 2.79. The lowest BCUT2D eigenvalue weighted by molar-refractivity contribution is -0.137. The zero-order chi connectivity index (χ0) is 14.2. The lowest BCUT2D eigenvalue weighted by Gasteiger charge is -2.16. The van der Waals surface area contributed by atoms with Gasteiger partial charge in [0.1, 0.15) is 11.6 Å². The number of carboxylic acid groups (broad SMARTS) is 1. The Kier molecular flexibility index (Phi) is 3.28. The molecule has 1 aromatic rings. The Labute approximate surface area is 106 Å². The fourth-order valence-electron chi connectivity index (χ4n) is 1.95. The molecule has 0 bridgehead atoms. The van der Waals surface area contributed by atoms with Crippen molar-refractivity contribution < 1.29 is 28.3 Å². The van der Waals surface area contributed by atoms with E-state index in [2.05, 4.69) is 0 Å². The van der Waals surface area contributed by atoms with Crippen LogP contribution in [0.4, 0.5) is 14.5 Å². The van der Waals surface area contributed by atoms with Gasteiger partial charge in [0.15, 0.2) is 0 Å². The second-order valence-electron chi connectivity index (χ2n) is 4.04. The van der Waals surface area contributed by atoms with Gasteiger partial charge < -0.3 is 10.0 Å². The normalized spacial score (nSPS) is 13.9. The Hall–Kier alpha value is -2.31. The molecule has 0 radical (unpaired) electrons. The van der Waals surface area contributed by atoms with Crippen LogP contribution in [0.1, 0.15) is 23.2 Å². The Bertz CT molecular complexity index is 585. The molecule has 1 aromatic carbocycles. The van der Waals surface area contributed by atoms with E-state index in [9.17, 15) is 23.2 Å². The van der Waals surface area contributed by atoms with Gasteiger partial charge >= 0.3 is 5.97 Å². The van der Waals surface area contributed by atoms with Crippen molar-refractivity contribution >= 4 is 23.3 Å². The lowest BCUT2D eigenvalue weighted by atomic mass is 10.1. The van der Waals surface area contributed by atoms with Gasteiger partial charge in [-0.1, -0.05) is 0 Å². The molecule has 0 aromatic heterocycles. The van der Waals surface area contributed by atoms with Crippen molar-refractivity contribution in [2.24, 2.45) is 0 Å². The van der Waals surface area contributed by atoms with E-state index in [-0.39, 0.29) is 19.4 Å². The number of amides is 1. The van der Waals surface area contributed by atoms with E-state index in [1.165, 1.54) is 0 Å². The quantitative estimate of drug-likeness (QED) is 0.837. The Morgan fingerprint density at radius 3 is 2.47 bits per heavy atom. The summed E-state index contributed by atoms with van der Waals surface area (Å²) in [7, 11) is 0. The summed E-state index contributed by atoms with van der Waals surface area (Å²) in [4.78, 5) is 34.4. The molecule has 1 amide bonds. The van der Waals surface area contributed by atoms with E-state index in [1.807, 2.05) is 0 Å². The largest absolute Gasteiger partial charge is 0.481 e. The number of rotatable bonds is 4. The lowest BCUT2D eigenvalue weighted by Crippen LogP contribution is -2.31. The summed E-state index contributed by atoms with van der Waals surface area (Å²) in [5, 5.41) is 8.49. The van der Waals surface area contributed by atoms with Crippen molar-refractivity contribution in [3.8, 4) is 0 Å². The average molecular weight is 269 g/mol. The first kappa shape index (κ1) is 13.1. The summed E-state index contributed by atoms with van der Waals surface area (Å²) in [5.41, 5.74) is -0.985. The first-order valence-corrected chi connectivity index (χ1v) is 5.49. The van der Waals surface area contributed by atoms with Crippen LogP contribution in [0.25, 0.3) is 0 Å². The molecular weight excluding hydrogens is 260 g/mol. The molecule has 19 heavy (non-hydrogen) atoms. The van der Waals surface area contributed by atoms with E-state index in [0.717, 1.165) is 17.0 Å². The highest BCUT2D eigenvalue weighted by molar-refractivity contribution is 6.52. The first-order chi connectivity index (χ1) is 8.93. The summed E-state index contributed by atoms with van der Waals surface area (Å²) in [6, 6.07) is 1.60. The Morgan fingerprint density at radius 1 is 1.21 bits per heavy atom. The molecule has 1 aliphatic heterocycles. The second kappa shape index (κ2) is 4.75. The zero-order valence-electron chi connectivity index (χ0n) is 9.65. The van der Waals surface area contributed by atoms with Gasteiger partial charge in [0.05, 0.1) is 11.3 Å². The van der Waals surface area contributed by atoms with Crippen LogP contribution in [0.15, 0.2) is 12.1 Å². The predicted molar refractivity (Wildman–Crippen MR) is 59.9 cm³/mol. The van der Waals surface area contributed by atoms with Gasteiger partial charge in [-0.15, -0.1) is 0 Å². The Balaban J connectivity index is 2.33. The van der Waals surface area contributed by atoms with Gasteiger partial charge in [-0.05, 0) is 18.6 Å². The van der Waals surface area contributed by atoms with Crippen LogP contribution < -0.4 is 4.90 Å². The Morgan fingerprint density at radius 2 is 1.84 bits per heavy atom. The number of hydrogen-bond donors (Lipinski definition) is 1. The van der Waals surface area contributed by atoms with Crippen LogP contribution >= 0.6 is 0 Å². The van der Waals surface area contributed by atoms with Crippen molar-refractivity contribution in [1.29, 1.82) is 0 Å². The van der Waals surface area contributed by atoms with Crippen LogP contribution in [-0.2, 0) is 9.59 Å². The van der Waals surface area contributed by atoms with Gasteiger partial charge in [-0.3, -0.25) is 14.4 Å². The van der Waals surface area contributed by atoms with Crippen LogP contribution in [0, 0.1) is 11.6 Å². The molecule has 1 heterocycles. The molecule has 1 aliphatic rings. The molecule has 0 unspecified atom stereocenters. The number of carboxylic acids is 1. The number of benzene rings is 1. The second-order valence-corrected chi connectivity index (χ2v) is 4.04. The van der Waals surface area contributed by atoms with Crippen LogP contribution in [0.2, 0.25) is 0 Å². The molecule has 0 saturated carbocycles. The average Bonchev–Trinajstić information content (AvgIpc) is 2.59. The highest BCUT2D eigenvalue weighted by Crippen LogP contribution is 2.33. The smallest absolute Gasteiger partial charge is 0.303 e. The van der Waals surface area contributed by atoms with Gasteiger partial charge in [-0.25, -0.2) is 8.78 Å². The van der Waals surface area contributed by atoms with E-state index >= 15 is 0 Å². The molecule has 100 valence electrons. The number of fused-ring (bicyclic) bond motifs is 1. The summed E-state index contributed by atoms with van der Waals surface area (Å²) in [5.74, 6) is -5.06. The minimum atomic E-state index is -1.11. The zero-order valence-corrected chi connectivity index (χ0v) is 9.65. The van der Waals surface area contributed by atoms with E-state index in [0.29, 0.717) is 0 Å². The molecule has 1 N–H and O–H groups in total. The summed E-state index contributed by atoms with van der Waals surface area (Å²) in [6.07, 6.45) is -0.187. The number of aliphatic carboxylic acids is 1. The molecule has 5 nitrogen and oxygen atoms in total. The van der Waals surface area contributed by atoms with E-state index in [1.54, 1.807) is 0 Å². The number of nitrogens with zero attached hydrogens (tertiary/aromatic N) is 1. The third-order valence-electron chi connectivity index (χ3n) is 2.79. The highest BCUT2D eigenvalue weighted by atomic mass is 19.1. The van der Waals surface area contributed by atoms with Crippen molar-refractivity contribution in [3.63, 3.8) is 0 Å². The number of halogens is 2. The van der Waals surface area contributed by atoms with E-state index < -0.39 is 40.5 Å². The molecule has 0 spiro atoms. The van der Waals surface area contributed by atoms with Gasteiger partial charge in [0.25, 0.3) is 11.7 Å². The minimum Gasteiger partial charge on any atom is -0.481 e. The fourth-order valence-corrected chi connectivity index (χ4v) is 1.95. The molecule has 2 rings (SSSR count). The molecule has 0 atom stereocenters. The molecule has 0 saturated heterocycles. The summed E-state index contributed by atoms with van der Waals surface area (Å²) in [6.45, 7) is -0.149. The molecule has 0 fully saturated rings. The van der Waals surface area contributed by atoms with Crippen molar-refractivity contribution in [1.82, 2.24) is 0 Å². The highest BCUT2D eigenvalue weighted by Gasteiger charge is 2.40. The van der Waals surface area contributed by atoms with Crippen molar-refractivity contribution in [2.45, 2.75) is 12.8 Å². The minimum absolute atomic E-state index is 0.0454. The maximum absolute atomic E-state index is 13.6. The maximum Gasteiger partial charge on any atom is 0.303 e. The SMILES string of the molecule is O=C(O)CCCN1C(=O)C(=O)c2c(F)ccc(F)c21. The monoisotopic (exact) mass is 269 g/mol. The van der Waals surface area contributed by atoms with Crippen LogP contribution in [-0.4, -0.2) is 29.3 Å². The maximum atomic E-state index is 13.6. The molecule has 7 heteroatoms. The summed E-state index contributed by atoms with van der Waals surface area (Å²) >= 11 is 0. The van der Waals surface area contributed by atoms with Crippen LogP contribution in [0.3, 0.4) is 0 Å². The van der Waals surface area contributed by atoms with Gasteiger partial charge in [-0.2, -0.15) is 0 Å². The van der Waals surface area contributed by atoms with Gasteiger partial charge in [0, 0.05) is 13.0 Å². The fraction of sp³-hybridized carbons (Fsp3) is 0.250. The van der Waals surface area contributed by atoms with Crippen molar-refractivity contribution in [3.05, 3.63) is 29.3 Å². The number of carbonyl (C=O) groups excluding carboxylic acids is 2. The summed E-state index contributed by atoms with van der Waals surface area (Å²) < 4.78 is 27.1. The standard InChI is InChI=1S/C12H9F2NO4/c13-6-3-4-7(14)10-9(6)11(18)12(19)15(10)5-1-2-8(16)17/h3-4H,1-2,5H2,(H,16,17). The third kappa shape index (κ3) is 2.18. The number of hydrogen-bond acceptors (Lipinski definition) is 3. The number of Topliss-reactive ketones (excluding diaryl/α,β-unsaturated/α-hetero) is 1. The van der Waals surface area contributed by atoms with Crippen molar-refractivity contribution in [2.75, 3.05) is 11.4 Å². The number of anilines is 1. The molecule has 0 aliphatic carbocycles. The number of carbonyl (C=O) groups is 3. The molecular formula is C12H9F2NO4.